The monoisotopic (exact) mass is 301 g/mol. The fourth-order valence-electron chi connectivity index (χ4n) is 2.68. The summed E-state index contributed by atoms with van der Waals surface area (Å²) in [5.74, 6) is -0.477. The van der Waals surface area contributed by atoms with Crippen LogP contribution in [0.2, 0.25) is 0 Å². The van der Waals surface area contributed by atoms with E-state index in [4.69, 9.17) is 9.47 Å². The maximum atomic E-state index is 5.90. The number of hydrogen-bond donors (Lipinski definition) is 1. The molecule has 0 aliphatic carbocycles. The normalized spacial score (nSPS) is 21.9. The van der Waals surface area contributed by atoms with Crippen LogP contribution in [0, 0.1) is 0 Å². The van der Waals surface area contributed by atoms with E-state index in [9.17, 15) is 0 Å². The molecule has 5 heteroatoms. The molecule has 1 N–H and O–H groups in total. The predicted molar refractivity (Wildman–Crippen MR) is 84.8 cm³/mol. The van der Waals surface area contributed by atoms with Crippen LogP contribution >= 0.6 is 0 Å². The summed E-state index contributed by atoms with van der Waals surface area (Å²) in [6.07, 6.45) is 5.64. The van der Waals surface area contributed by atoms with Crippen LogP contribution in [0.3, 0.4) is 0 Å². The molecule has 118 valence electrons. The van der Waals surface area contributed by atoms with Gasteiger partial charge in [0.1, 0.15) is 0 Å². The van der Waals surface area contributed by atoms with E-state index in [0.717, 1.165) is 12.2 Å². The van der Waals surface area contributed by atoms with Gasteiger partial charge < -0.3 is 19.4 Å². The van der Waals surface area contributed by atoms with Crippen LogP contribution in [0.1, 0.15) is 26.3 Å². The average Bonchev–Trinajstić information content (AvgIpc) is 3.14. The number of rotatable bonds is 5. The Morgan fingerprint density at radius 2 is 2.23 bits per heavy atom. The van der Waals surface area contributed by atoms with Crippen molar-refractivity contribution in [1.29, 1.82) is 0 Å². The van der Waals surface area contributed by atoms with E-state index >= 15 is 0 Å². The summed E-state index contributed by atoms with van der Waals surface area (Å²) in [5.41, 5.74) is 2.37. The molecule has 1 saturated heterocycles. The van der Waals surface area contributed by atoms with E-state index in [0.29, 0.717) is 6.61 Å². The van der Waals surface area contributed by atoms with E-state index in [1.54, 1.807) is 6.20 Å². The molecule has 0 bridgehead atoms. The molecule has 0 radical (unpaired) electrons. The Labute approximate surface area is 131 Å². The van der Waals surface area contributed by atoms with Gasteiger partial charge in [-0.3, -0.25) is 0 Å². The van der Waals surface area contributed by atoms with Crippen LogP contribution in [-0.2, 0) is 16.0 Å². The van der Waals surface area contributed by atoms with Crippen molar-refractivity contribution < 1.29 is 9.47 Å². The molecule has 1 unspecified atom stereocenters. The molecule has 0 amide bonds. The topological polar surface area (TPSA) is 48.3 Å². The molecule has 1 aliphatic rings. The fourth-order valence-corrected chi connectivity index (χ4v) is 2.68. The van der Waals surface area contributed by atoms with Crippen LogP contribution in [-0.4, -0.2) is 34.1 Å². The molecule has 5 nitrogen and oxygen atoms in total. The highest BCUT2D eigenvalue weighted by Crippen LogP contribution is 2.24. The maximum absolute atomic E-state index is 5.90. The Balaban J connectivity index is 1.65. The van der Waals surface area contributed by atoms with Crippen molar-refractivity contribution >= 4 is 0 Å². The minimum absolute atomic E-state index is 0.0791. The van der Waals surface area contributed by atoms with Gasteiger partial charge in [-0.15, -0.1) is 0 Å². The lowest BCUT2D eigenvalue weighted by molar-refractivity contribution is -0.141. The maximum Gasteiger partial charge on any atom is 0.163 e. The molecule has 2 atom stereocenters. The first-order chi connectivity index (χ1) is 10.6. The molecule has 1 aromatic carbocycles. The summed E-state index contributed by atoms with van der Waals surface area (Å²) in [5, 5.41) is 3.54. The van der Waals surface area contributed by atoms with Crippen LogP contribution in [0.4, 0.5) is 0 Å². The first-order valence-electron chi connectivity index (χ1n) is 7.66. The summed E-state index contributed by atoms with van der Waals surface area (Å²) in [7, 11) is 0. The summed E-state index contributed by atoms with van der Waals surface area (Å²) < 4.78 is 13.6. The number of hydrogen-bond acceptors (Lipinski definition) is 4. The average molecular weight is 301 g/mol. The van der Waals surface area contributed by atoms with Crippen molar-refractivity contribution in [2.45, 2.75) is 45.2 Å². The zero-order valence-electron chi connectivity index (χ0n) is 13.3. The van der Waals surface area contributed by atoms with Crippen molar-refractivity contribution in [3.63, 3.8) is 0 Å². The third-order valence-electron chi connectivity index (χ3n) is 3.98. The summed E-state index contributed by atoms with van der Waals surface area (Å²) in [4.78, 5) is 4.12. The number of ether oxygens (including phenoxy) is 2. The van der Waals surface area contributed by atoms with Gasteiger partial charge in [-0.05, 0) is 32.4 Å². The molecular weight excluding hydrogens is 278 g/mol. The minimum Gasteiger partial charge on any atom is -0.348 e. The standard InChI is InChI=1S/C17H23N3O2/c1-13(16-11-21-17(2,3)22-16)19-10-14-6-4-5-7-15(14)20-9-8-18-12-20/h4-9,12-13,16,19H,10-11H2,1-3H3/t13?,16-/m1/s1. The molecular formula is C17H23N3O2. The molecule has 1 aromatic heterocycles. The van der Waals surface area contributed by atoms with Crippen LogP contribution in [0.25, 0.3) is 5.69 Å². The van der Waals surface area contributed by atoms with Gasteiger partial charge in [0.05, 0.1) is 24.7 Å². The Morgan fingerprint density at radius 3 is 2.91 bits per heavy atom. The molecule has 3 rings (SSSR count). The molecule has 1 fully saturated rings. The molecule has 1 aliphatic heterocycles. The van der Waals surface area contributed by atoms with E-state index in [1.807, 2.05) is 37.0 Å². The van der Waals surface area contributed by atoms with Crippen molar-refractivity contribution in [3.8, 4) is 5.69 Å². The predicted octanol–water partition coefficient (Wildman–Crippen LogP) is 2.50. The Bertz CT molecular complexity index is 610. The number of aromatic nitrogens is 2. The largest absolute Gasteiger partial charge is 0.348 e. The molecule has 0 saturated carbocycles. The number of benzene rings is 1. The molecule has 2 heterocycles. The van der Waals surface area contributed by atoms with Crippen LogP contribution in [0.5, 0.6) is 0 Å². The number of nitrogens with zero attached hydrogens (tertiary/aromatic N) is 2. The van der Waals surface area contributed by atoms with Crippen molar-refractivity contribution in [3.05, 3.63) is 48.5 Å². The first kappa shape index (κ1) is 15.2. The van der Waals surface area contributed by atoms with E-state index in [-0.39, 0.29) is 12.1 Å². The highest BCUT2D eigenvalue weighted by molar-refractivity contribution is 5.40. The Kier molecular flexibility index (Phi) is 4.29. The van der Waals surface area contributed by atoms with Crippen molar-refractivity contribution in [1.82, 2.24) is 14.9 Å². The number of nitrogens with one attached hydrogen (secondary N) is 1. The van der Waals surface area contributed by atoms with Gasteiger partial charge in [-0.2, -0.15) is 0 Å². The van der Waals surface area contributed by atoms with Gasteiger partial charge >= 0.3 is 0 Å². The summed E-state index contributed by atoms with van der Waals surface area (Å²) in [6, 6.07) is 8.55. The third kappa shape index (κ3) is 3.38. The first-order valence-corrected chi connectivity index (χ1v) is 7.66. The smallest absolute Gasteiger partial charge is 0.163 e. The lowest BCUT2D eigenvalue weighted by Gasteiger charge is -2.22. The van der Waals surface area contributed by atoms with Gasteiger partial charge in [0.2, 0.25) is 0 Å². The van der Waals surface area contributed by atoms with Crippen molar-refractivity contribution in [2.24, 2.45) is 0 Å². The molecule has 2 aromatic rings. The second kappa shape index (κ2) is 6.20. The van der Waals surface area contributed by atoms with Gasteiger partial charge in [0.25, 0.3) is 0 Å². The highest BCUT2D eigenvalue weighted by Gasteiger charge is 2.35. The quantitative estimate of drug-likeness (QED) is 0.922. The van der Waals surface area contributed by atoms with E-state index < -0.39 is 5.79 Å². The second-order valence-corrected chi connectivity index (χ2v) is 6.14. The van der Waals surface area contributed by atoms with Gasteiger partial charge in [-0.25, -0.2) is 4.98 Å². The van der Waals surface area contributed by atoms with Gasteiger partial charge in [-0.1, -0.05) is 18.2 Å². The Hall–Kier alpha value is -1.69. The van der Waals surface area contributed by atoms with Crippen LogP contribution < -0.4 is 5.32 Å². The summed E-state index contributed by atoms with van der Waals surface area (Å²) >= 11 is 0. The zero-order chi connectivity index (χ0) is 15.6. The number of para-hydroxylation sites is 1. The fraction of sp³-hybridized carbons (Fsp3) is 0.471. The van der Waals surface area contributed by atoms with E-state index in [2.05, 4.69) is 35.4 Å². The highest BCUT2D eigenvalue weighted by atomic mass is 16.7. The molecule has 22 heavy (non-hydrogen) atoms. The second-order valence-electron chi connectivity index (χ2n) is 6.14. The Morgan fingerprint density at radius 1 is 1.41 bits per heavy atom. The minimum atomic E-state index is -0.477. The van der Waals surface area contributed by atoms with Gasteiger partial charge in [0.15, 0.2) is 5.79 Å². The summed E-state index contributed by atoms with van der Waals surface area (Å²) in [6.45, 7) is 7.44. The lowest BCUT2D eigenvalue weighted by Crippen LogP contribution is -2.39. The SMILES string of the molecule is CC(NCc1ccccc1-n1ccnc1)[C@H]1COC(C)(C)O1. The lowest BCUT2D eigenvalue weighted by atomic mass is 10.1. The number of imidazole rings is 1. The van der Waals surface area contributed by atoms with Crippen molar-refractivity contribution in [2.75, 3.05) is 6.61 Å². The zero-order valence-corrected chi connectivity index (χ0v) is 13.3. The molecule has 0 spiro atoms. The van der Waals surface area contributed by atoms with Gasteiger partial charge in [0, 0.05) is 25.0 Å². The van der Waals surface area contributed by atoms with Crippen LogP contribution in [0.15, 0.2) is 43.0 Å². The third-order valence-corrected chi connectivity index (χ3v) is 3.98. The van der Waals surface area contributed by atoms with E-state index in [1.165, 1.54) is 5.56 Å².